The van der Waals surface area contributed by atoms with Crippen molar-refractivity contribution < 1.29 is 13.2 Å². The van der Waals surface area contributed by atoms with E-state index < -0.39 is 15.9 Å². The van der Waals surface area contributed by atoms with Crippen LogP contribution in [0.4, 0.5) is 0 Å². The summed E-state index contributed by atoms with van der Waals surface area (Å²) in [4.78, 5) is 18.5. The van der Waals surface area contributed by atoms with Crippen LogP contribution in [0.5, 0.6) is 0 Å². The van der Waals surface area contributed by atoms with Crippen molar-refractivity contribution in [2.45, 2.75) is 45.9 Å². The maximum absolute atomic E-state index is 12.6. The maximum atomic E-state index is 12.6. The number of aromatic nitrogens is 1. The standard InChI is InChI=1S/C16H21N3O3S2/c1-9-6-10(2)12(4)16(11(9)3)24(21,22)19-18-15(20)7-14-8-23-13(5)17-14/h6,8,19H,7H2,1-5H3,(H,18,20). The van der Waals surface area contributed by atoms with E-state index in [4.69, 9.17) is 0 Å². The summed E-state index contributed by atoms with van der Waals surface area (Å²) in [6.45, 7) is 9.10. The fourth-order valence-electron chi connectivity index (χ4n) is 2.46. The second-order valence-corrected chi connectivity index (χ2v) is 8.46. The minimum Gasteiger partial charge on any atom is -0.277 e. The number of nitrogens with one attached hydrogen (secondary N) is 2. The first-order chi connectivity index (χ1) is 11.1. The molecule has 0 aliphatic rings. The molecule has 0 atom stereocenters. The zero-order valence-electron chi connectivity index (χ0n) is 14.4. The van der Waals surface area contributed by atoms with Crippen LogP contribution in [0.15, 0.2) is 16.3 Å². The predicted molar refractivity (Wildman–Crippen MR) is 94.4 cm³/mol. The lowest BCUT2D eigenvalue weighted by molar-refractivity contribution is -0.120. The van der Waals surface area contributed by atoms with Crippen molar-refractivity contribution in [3.8, 4) is 0 Å². The van der Waals surface area contributed by atoms with E-state index in [1.165, 1.54) is 11.3 Å². The molecular formula is C16H21N3O3S2. The lowest BCUT2D eigenvalue weighted by Crippen LogP contribution is -2.42. The average molecular weight is 367 g/mol. The van der Waals surface area contributed by atoms with Crippen LogP contribution < -0.4 is 10.3 Å². The van der Waals surface area contributed by atoms with E-state index in [1.54, 1.807) is 19.2 Å². The van der Waals surface area contributed by atoms with Crippen molar-refractivity contribution in [2.24, 2.45) is 0 Å². The van der Waals surface area contributed by atoms with E-state index in [-0.39, 0.29) is 11.3 Å². The van der Waals surface area contributed by atoms with Gasteiger partial charge in [-0.25, -0.2) is 13.4 Å². The highest BCUT2D eigenvalue weighted by atomic mass is 32.2. The molecule has 8 heteroatoms. The minimum atomic E-state index is -3.85. The Kier molecular flexibility index (Phi) is 5.42. The number of carbonyl (C=O) groups is 1. The Hall–Kier alpha value is -1.77. The lowest BCUT2D eigenvalue weighted by atomic mass is 10.0. The molecule has 6 nitrogen and oxygen atoms in total. The number of amides is 1. The Morgan fingerprint density at radius 3 is 2.21 bits per heavy atom. The molecule has 0 bridgehead atoms. The van der Waals surface area contributed by atoms with E-state index in [9.17, 15) is 13.2 Å². The number of hydrogen-bond acceptors (Lipinski definition) is 5. The van der Waals surface area contributed by atoms with E-state index >= 15 is 0 Å². The fraction of sp³-hybridized carbons (Fsp3) is 0.375. The third-order valence-electron chi connectivity index (χ3n) is 3.90. The number of aryl methyl sites for hydroxylation is 3. The summed E-state index contributed by atoms with van der Waals surface area (Å²) in [6, 6.07) is 1.95. The van der Waals surface area contributed by atoms with Crippen LogP contribution in [0, 0.1) is 34.6 Å². The Bertz CT molecular complexity index is 860. The zero-order valence-corrected chi connectivity index (χ0v) is 16.0. The van der Waals surface area contributed by atoms with Gasteiger partial charge in [0.1, 0.15) is 0 Å². The molecular weight excluding hydrogens is 346 g/mol. The summed E-state index contributed by atoms with van der Waals surface area (Å²) < 4.78 is 25.2. The molecule has 24 heavy (non-hydrogen) atoms. The minimum absolute atomic E-state index is 0.0255. The molecule has 0 unspecified atom stereocenters. The molecule has 2 aromatic rings. The van der Waals surface area contributed by atoms with Crippen LogP contribution in [0.3, 0.4) is 0 Å². The fourth-order valence-corrected chi connectivity index (χ4v) is 4.55. The average Bonchev–Trinajstić information content (AvgIpc) is 2.88. The molecule has 1 heterocycles. The number of sulfonamides is 1. The quantitative estimate of drug-likeness (QED) is 0.793. The van der Waals surface area contributed by atoms with Crippen molar-refractivity contribution in [1.82, 2.24) is 15.2 Å². The molecule has 2 rings (SSSR count). The van der Waals surface area contributed by atoms with Gasteiger partial charge in [-0.05, 0) is 56.9 Å². The number of rotatable bonds is 5. The number of hydrazine groups is 1. The third kappa shape index (κ3) is 4.00. The first-order valence-corrected chi connectivity index (χ1v) is 9.77. The Morgan fingerprint density at radius 1 is 1.12 bits per heavy atom. The molecule has 0 saturated carbocycles. The molecule has 0 radical (unpaired) electrons. The van der Waals surface area contributed by atoms with Crippen molar-refractivity contribution in [2.75, 3.05) is 0 Å². The highest BCUT2D eigenvalue weighted by molar-refractivity contribution is 7.89. The largest absolute Gasteiger partial charge is 0.277 e. The van der Waals surface area contributed by atoms with Gasteiger partial charge in [-0.3, -0.25) is 10.2 Å². The summed E-state index contributed by atoms with van der Waals surface area (Å²) >= 11 is 1.44. The Balaban J connectivity index is 2.16. The maximum Gasteiger partial charge on any atom is 0.257 e. The highest BCUT2D eigenvalue weighted by Gasteiger charge is 2.22. The topological polar surface area (TPSA) is 88.2 Å². The third-order valence-corrected chi connectivity index (χ3v) is 6.24. The summed E-state index contributed by atoms with van der Waals surface area (Å²) in [5, 5.41) is 2.64. The van der Waals surface area contributed by atoms with Gasteiger partial charge in [0, 0.05) is 5.38 Å². The number of hydrogen-bond donors (Lipinski definition) is 2. The molecule has 1 amide bonds. The van der Waals surface area contributed by atoms with Gasteiger partial charge in [0.05, 0.1) is 22.0 Å². The first kappa shape index (κ1) is 18.6. The SMILES string of the molecule is Cc1nc(CC(=O)NNS(=O)(=O)c2c(C)c(C)cc(C)c2C)cs1. The monoisotopic (exact) mass is 367 g/mol. The molecule has 1 aromatic carbocycles. The van der Waals surface area contributed by atoms with Gasteiger partial charge in [-0.2, -0.15) is 0 Å². The Morgan fingerprint density at radius 2 is 1.71 bits per heavy atom. The van der Waals surface area contributed by atoms with Gasteiger partial charge >= 0.3 is 0 Å². The molecule has 0 spiro atoms. The molecule has 0 aliphatic heterocycles. The summed E-state index contributed by atoms with van der Waals surface area (Å²) in [5.74, 6) is -0.455. The van der Waals surface area contributed by atoms with Gasteiger partial charge in [0.2, 0.25) is 5.91 Å². The van der Waals surface area contributed by atoms with Crippen LogP contribution in [0.25, 0.3) is 0 Å². The summed E-state index contributed by atoms with van der Waals surface area (Å²) in [5.41, 5.74) is 6.01. The Labute approximate surface area is 146 Å². The summed E-state index contributed by atoms with van der Waals surface area (Å²) in [6.07, 6.45) is 0.0255. The first-order valence-electron chi connectivity index (χ1n) is 7.41. The molecule has 0 saturated heterocycles. The van der Waals surface area contributed by atoms with Gasteiger partial charge in [0.25, 0.3) is 10.0 Å². The van der Waals surface area contributed by atoms with Gasteiger partial charge in [0.15, 0.2) is 0 Å². The van der Waals surface area contributed by atoms with E-state index in [0.29, 0.717) is 16.8 Å². The number of thiazole rings is 1. The molecule has 2 N–H and O–H groups in total. The van der Waals surface area contributed by atoms with Gasteiger partial charge in [-0.15, -0.1) is 16.2 Å². The predicted octanol–water partition coefficient (Wildman–Crippen LogP) is 2.24. The van der Waals surface area contributed by atoms with Crippen molar-refractivity contribution >= 4 is 27.3 Å². The second kappa shape index (κ2) is 7.00. The van der Waals surface area contributed by atoms with Crippen LogP contribution >= 0.6 is 11.3 Å². The molecule has 130 valence electrons. The van der Waals surface area contributed by atoms with Gasteiger partial charge < -0.3 is 0 Å². The number of carbonyl (C=O) groups excluding carboxylic acids is 1. The molecule has 0 fully saturated rings. The lowest BCUT2D eigenvalue weighted by Gasteiger charge is -2.16. The smallest absolute Gasteiger partial charge is 0.257 e. The molecule has 0 aliphatic carbocycles. The highest BCUT2D eigenvalue weighted by Crippen LogP contribution is 2.25. The van der Waals surface area contributed by atoms with Crippen LogP contribution in [0.2, 0.25) is 0 Å². The van der Waals surface area contributed by atoms with Crippen LogP contribution in [-0.4, -0.2) is 19.3 Å². The zero-order chi connectivity index (χ0) is 18.1. The molecule has 1 aromatic heterocycles. The van der Waals surface area contributed by atoms with E-state index in [0.717, 1.165) is 16.1 Å². The van der Waals surface area contributed by atoms with Crippen molar-refractivity contribution in [3.05, 3.63) is 44.4 Å². The van der Waals surface area contributed by atoms with E-state index in [1.807, 2.05) is 26.8 Å². The van der Waals surface area contributed by atoms with E-state index in [2.05, 4.69) is 15.2 Å². The van der Waals surface area contributed by atoms with Crippen LogP contribution in [0.1, 0.15) is 33.0 Å². The van der Waals surface area contributed by atoms with Gasteiger partial charge in [-0.1, -0.05) is 6.07 Å². The van der Waals surface area contributed by atoms with Crippen molar-refractivity contribution in [1.29, 1.82) is 0 Å². The number of benzene rings is 1. The van der Waals surface area contributed by atoms with Crippen molar-refractivity contribution in [3.63, 3.8) is 0 Å². The normalized spacial score (nSPS) is 11.5. The summed E-state index contributed by atoms with van der Waals surface area (Å²) in [7, 11) is -3.85. The number of nitrogens with zero attached hydrogens (tertiary/aromatic N) is 1. The van der Waals surface area contributed by atoms with Crippen LogP contribution in [-0.2, 0) is 21.2 Å². The second-order valence-electron chi connectivity index (χ2n) is 5.78.